The van der Waals surface area contributed by atoms with E-state index in [4.69, 9.17) is 5.14 Å². The molecule has 0 amide bonds. The van der Waals surface area contributed by atoms with Gasteiger partial charge in [-0.05, 0) is 30.4 Å². The highest BCUT2D eigenvalue weighted by Crippen LogP contribution is 2.37. The first-order valence-corrected chi connectivity index (χ1v) is 8.86. The Bertz CT molecular complexity index is 682. The summed E-state index contributed by atoms with van der Waals surface area (Å²) in [5.74, 6) is 0.840. The molecule has 0 aliphatic heterocycles. The lowest BCUT2D eigenvalue weighted by Gasteiger charge is -2.09. The first-order chi connectivity index (χ1) is 8.72. The molecule has 2 rings (SSSR count). The van der Waals surface area contributed by atoms with Crippen LogP contribution in [0.2, 0.25) is 0 Å². The van der Waals surface area contributed by atoms with Crippen LogP contribution in [0.1, 0.15) is 13.3 Å². The van der Waals surface area contributed by atoms with Gasteiger partial charge in [-0.2, -0.15) is 0 Å². The summed E-state index contributed by atoms with van der Waals surface area (Å²) in [5.41, 5.74) is 0. The van der Waals surface area contributed by atoms with Crippen LogP contribution in [-0.4, -0.2) is 23.4 Å². The van der Waals surface area contributed by atoms with Crippen LogP contribution in [0.15, 0.2) is 34.1 Å². The van der Waals surface area contributed by atoms with Gasteiger partial charge in [0.05, 0.1) is 0 Å². The number of rotatable bonds is 5. The molecule has 3 N–H and O–H groups in total. The fraction of sp³-hybridized carbons (Fsp3) is 0.455. The zero-order valence-corrected chi connectivity index (χ0v) is 12.0. The molecule has 106 valence electrons. The molecule has 1 saturated carbocycles. The van der Waals surface area contributed by atoms with Crippen LogP contribution in [0, 0.1) is 11.8 Å². The van der Waals surface area contributed by atoms with Crippen molar-refractivity contribution in [1.82, 2.24) is 4.72 Å². The fourth-order valence-corrected chi connectivity index (χ4v) is 4.36. The molecule has 0 spiro atoms. The molecule has 1 aliphatic rings. The summed E-state index contributed by atoms with van der Waals surface area (Å²) in [4.78, 5) is -0.683. The van der Waals surface area contributed by atoms with E-state index in [1.807, 2.05) is 6.92 Å². The predicted octanol–water partition coefficient (Wildman–Crippen LogP) is 0.268. The van der Waals surface area contributed by atoms with Crippen molar-refractivity contribution in [3.8, 4) is 0 Å². The molecule has 1 aliphatic carbocycles. The van der Waals surface area contributed by atoms with Gasteiger partial charge < -0.3 is 0 Å². The van der Waals surface area contributed by atoms with Crippen molar-refractivity contribution >= 4 is 20.0 Å². The van der Waals surface area contributed by atoms with Crippen LogP contribution in [0.3, 0.4) is 0 Å². The van der Waals surface area contributed by atoms with Gasteiger partial charge in [0.2, 0.25) is 20.0 Å². The standard InChI is InChI=1S/C11H16N2O4S2/c1-8-6-9(8)7-13-19(16,17)11-5-3-2-4-10(11)18(12,14)15/h2-5,8-9,13H,6-7H2,1H3,(H2,12,14,15). The molecule has 19 heavy (non-hydrogen) atoms. The second-order valence-corrected chi connectivity index (χ2v) is 8.08. The quantitative estimate of drug-likeness (QED) is 0.814. The van der Waals surface area contributed by atoms with E-state index in [2.05, 4.69) is 4.72 Å². The van der Waals surface area contributed by atoms with E-state index in [9.17, 15) is 16.8 Å². The van der Waals surface area contributed by atoms with Gasteiger partial charge in [0.25, 0.3) is 0 Å². The minimum atomic E-state index is -4.07. The second kappa shape index (κ2) is 4.86. The maximum atomic E-state index is 12.1. The molecule has 0 bridgehead atoms. The van der Waals surface area contributed by atoms with Crippen molar-refractivity contribution in [2.45, 2.75) is 23.1 Å². The minimum Gasteiger partial charge on any atom is -0.225 e. The monoisotopic (exact) mass is 304 g/mol. The summed E-state index contributed by atoms with van der Waals surface area (Å²) in [6, 6.07) is 5.31. The highest BCUT2D eigenvalue weighted by Gasteiger charge is 2.34. The maximum Gasteiger partial charge on any atom is 0.241 e. The summed E-state index contributed by atoms with van der Waals surface area (Å²) in [7, 11) is -7.93. The molecule has 0 aromatic heterocycles. The SMILES string of the molecule is CC1CC1CNS(=O)(=O)c1ccccc1S(N)(=O)=O. The van der Waals surface area contributed by atoms with Crippen LogP contribution in [0.5, 0.6) is 0 Å². The van der Waals surface area contributed by atoms with Crippen LogP contribution in [0.25, 0.3) is 0 Å². The summed E-state index contributed by atoms with van der Waals surface area (Å²) in [5, 5.41) is 5.02. The van der Waals surface area contributed by atoms with Crippen molar-refractivity contribution in [3.63, 3.8) is 0 Å². The lowest BCUT2D eigenvalue weighted by Crippen LogP contribution is -2.28. The van der Waals surface area contributed by atoms with Crippen LogP contribution >= 0.6 is 0 Å². The van der Waals surface area contributed by atoms with Crippen LogP contribution in [0.4, 0.5) is 0 Å². The highest BCUT2D eigenvalue weighted by atomic mass is 32.2. The van der Waals surface area contributed by atoms with Gasteiger partial charge in [-0.25, -0.2) is 26.7 Å². The molecule has 2 atom stereocenters. The smallest absolute Gasteiger partial charge is 0.225 e. The summed E-state index contributed by atoms with van der Waals surface area (Å²) >= 11 is 0. The zero-order valence-electron chi connectivity index (χ0n) is 10.4. The zero-order chi connectivity index (χ0) is 14.3. The topological polar surface area (TPSA) is 106 Å². The Morgan fingerprint density at radius 1 is 1.21 bits per heavy atom. The van der Waals surface area contributed by atoms with E-state index >= 15 is 0 Å². The van der Waals surface area contributed by atoms with E-state index in [0.717, 1.165) is 6.42 Å². The normalized spacial score (nSPS) is 23.3. The highest BCUT2D eigenvalue weighted by molar-refractivity contribution is 7.92. The van der Waals surface area contributed by atoms with Gasteiger partial charge in [-0.3, -0.25) is 0 Å². The van der Waals surface area contributed by atoms with Crippen molar-refractivity contribution in [3.05, 3.63) is 24.3 Å². The molecule has 0 radical (unpaired) electrons. The van der Waals surface area contributed by atoms with Gasteiger partial charge in [0.15, 0.2) is 0 Å². The van der Waals surface area contributed by atoms with Gasteiger partial charge in [-0.1, -0.05) is 19.1 Å². The number of nitrogens with one attached hydrogen (secondary N) is 1. The van der Waals surface area contributed by atoms with Gasteiger partial charge >= 0.3 is 0 Å². The van der Waals surface area contributed by atoms with Crippen LogP contribution in [-0.2, 0) is 20.0 Å². The number of sulfonamides is 2. The first kappa shape index (κ1) is 14.4. The van der Waals surface area contributed by atoms with Crippen molar-refractivity contribution in [2.24, 2.45) is 17.0 Å². The molecule has 2 unspecified atom stereocenters. The van der Waals surface area contributed by atoms with E-state index < -0.39 is 20.0 Å². The number of primary sulfonamides is 1. The Kier molecular flexibility index (Phi) is 3.69. The Balaban J connectivity index is 2.30. The summed E-state index contributed by atoms with van der Waals surface area (Å²) in [6.45, 7) is 2.36. The molecule has 0 saturated heterocycles. The molecular formula is C11H16N2O4S2. The lowest BCUT2D eigenvalue weighted by molar-refractivity contribution is 0.568. The number of nitrogens with two attached hydrogens (primary N) is 1. The van der Waals surface area contributed by atoms with E-state index in [1.165, 1.54) is 24.3 Å². The van der Waals surface area contributed by atoms with Gasteiger partial charge in [0.1, 0.15) is 9.79 Å². The number of hydrogen-bond acceptors (Lipinski definition) is 4. The Morgan fingerprint density at radius 2 is 1.74 bits per heavy atom. The average Bonchev–Trinajstić information content (AvgIpc) is 3.02. The molecule has 1 aromatic rings. The molecule has 1 fully saturated rings. The summed E-state index contributed by atoms with van der Waals surface area (Å²) < 4.78 is 49.4. The van der Waals surface area contributed by atoms with Crippen molar-refractivity contribution < 1.29 is 16.8 Å². The Labute approximate surface area is 113 Å². The third-order valence-electron chi connectivity index (χ3n) is 3.26. The molecule has 8 heteroatoms. The second-order valence-electron chi connectivity index (χ2n) is 4.82. The minimum absolute atomic E-state index is 0.300. The summed E-state index contributed by atoms with van der Waals surface area (Å²) in [6.07, 6.45) is 0.985. The van der Waals surface area contributed by atoms with Gasteiger partial charge in [0, 0.05) is 6.54 Å². The number of benzene rings is 1. The molecule has 0 heterocycles. The van der Waals surface area contributed by atoms with Crippen molar-refractivity contribution in [1.29, 1.82) is 0 Å². The third-order valence-corrected chi connectivity index (χ3v) is 5.84. The third kappa shape index (κ3) is 3.33. The van der Waals surface area contributed by atoms with Gasteiger partial charge in [-0.15, -0.1) is 0 Å². The molecule has 6 nitrogen and oxygen atoms in total. The predicted molar refractivity (Wildman–Crippen MR) is 70.3 cm³/mol. The number of hydrogen-bond donors (Lipinski definition) is 2. The van der Waals surface area contributed by atoms with E-state index in [1.54, 1.807) is 0 Å². The van der Waals surface area contributed by atoms with E-state index in [0.29, 0.717) is 18.4 Å². The molecular weight excluding hydrogens is 288 g/mol. The fourth-order valence-electron chi connectivity index (χ4n) is 1.89. The Morgan fingerprint density at radius 3 is 2.21 bits per heavy atom. The first-order valence-electron chi connectivity index (χ1n) is 5.83. The van der Waals surface area contributed by atoms with Crippen LogP contribution < -0.4 is 9.86 Å². The Hall–Kier alpha value is -0.960. The lowest BCUT2D eigenvalue weighted by atomic mass is 10.3. The maximum absolute atomic E-state index is 12.1. The average molecular weight is 304 g/mol. The van der Waals surface area contributed by atoms with Crippen molar-refractivity contribution in [2.75, 3.05) is 6.54 Å². The molecule has 1 aromatic carbocycles. The largest absolute Gasteiger partial charge is 0.241 e. The van der Waals surface area contributed by atoms with E-state index in [-0.39, 0.29) is 9.79 Å².